The van der Waals surface area contributed by atoms with Crippen LogP contribution in [0.15, 0.2) is 48.5 Å². The van der Waals surface area contributed by atoms with E-state index in [1.807, 2.05) is 0 Å². The smallest absolute Gasteiger partial charge is 0.362 e. The number of halogens is 3. The summed E-state index contributed by atoms with van der Waals surface area (Å²) in [5.41, 5.74) is -0.0873. The third-order valence-corrected chi connectivity index (χ3v) is 3.49. The molecule has 2 aromatic rings. The molecule has 1 unspecified atom stereocenters. The molecule has 0 aliphatic rings. The molecule has 1 amide bonds. The maximum atomic E-state index is 14.7. The van der Waals surface area contributed by atoms with Gasteiger partial charge in [0.05, 0.1) is 5.02 Å². The van der Waals surface area contributed by atoms with Gasteiger partial charge >= 0.3 is 5.97 Å². The lowest BCUT2D eigenvalue weighted by atomic mass is 10.1. The summed E-state index contributed by atoms with van der Waals surface area (Å²) in [5, 5.41) is 8.76. The molecule has 0 fully saturated rings. The largest absolute Gasteiger partial charge is 0.477 e. The van der Waals surface area contributed by atoms with Gasteiger partial charge in [-0.05, 0) is 30.3 Å². The van der Waals surface area contributed by atoms with Gasteiger partial charge in [0.25, 0.3) is 11.7 Å². The Morgan fingerprint density at radius 1 is 1.17 bits per heavy atom. The van der Waals surface area contributed by atoms with E-state index in [0.29, 0.717) is 4.90 Å². The summed E-state index contributed by atoms with van der Waals surface area (Å²) in [6.07, 6.45) is 0. The Balaban J connectivity index is 2.59. The van der Waals surface area contributed by atoms with Gasteiger partial charge in [-0.1, -0.05) is 29.8 Å². The fourth-order valence-corrected chi connectivity index (χ4v) is 2.15. The number of carboxylic acids is 1. The Hall–Kier alpha value is -2.47. The molecule has 0 spiro atoms. The zero-order chi connectivity index (χ0) is 17.2. The monoisotopic (exact) mass is 339 g/mol. The summed E-state index contributed by atoms with van der Waals surface area (Å²) in [6, 6.07) is 10.6. The molecule has 4 nitrogen and oxygen atoms in total. The van der Waals surface area contributed by atoms with E-state index in [1.54, 1.807) is 18.2 Å². The molecule has 0 saturated carbocycles. The number of benzene rings is 2. The van der Waals surface area contributed by atoms with Gasteiger partial charge in [0.15, 0.2) is 0 Å². The van der Waals surface area contributed by atoms with Crippen LogP contribution in [0.3, 0.4) is 0 Å². The molecule has 0 aliphatic carbocycles. The number of carbonyl (C=O) groups excluding carboxylic acids is 1. The minimum atomic E-state index is -3.05. The van der Waals surface area contributed by atoms with Crippen LogP contribution >= 0.6 is 11.6 Å². The third-order valence-electron chi connectivity index (χ3n) is 3.20. The summed E-state index contributed by atoms with van der Waals surface area (Å²) in [4.78, 5) is 24.3. The van der Waals surface area contributed by atoms with Gasteiger partial charge < -0.3 is 5.11 Å². The highest BCUT2D eigenvalue weighted by Gasteiger charge is 2.44. The minimum absolute atomic E-state index is 0.0815. The lowest BCUT2D eigenvalue weighted by Gasteiger charge is -2.31. The quantitative estimate of drug-likeness (QED) is 0.860. The Morgan fingerprint density at radius 3 is 2.30 bits per heavy atom. The summed E-state index contributed by atoms with van der Waals surface area (Å²) < 4.78 is 28.0. The second kappa shape index (κ2) is 6.34. The van der Waals surface area contributed by atoms with E-state index in [0.717, 1.165) is 25.1 Å². The number of amides is 1. The summed E-state index contributed by atoms with van der Waals surface area (Å²) in [6.45, 7) is 0.730. The topological polar surface area (TPSA) is 57.6 Å². The van der Waals surface area contributed by atoms with Crippen molar-refractivity contribution in [3.8, 4) is 0 Å². The number of hydrogen-bond acceptors (Lipinski definition) is 2. The average Bonchev–Trinajstić information content (AvgIpc) is 2.51. The number of hydrogen-bond donors (Lipinski definition) is 1. The molecule has 2 aromatic carbocycles. The number of anilines is 1. The molecule has 0 bridgehead atoms. The SMILES string of the molecule is CC(F)(C(=O)O)N(C(=O)c1ccccc1)c1ccc(F)c(Cl)c1. The van der Waals surface area contributed by atoms with Gasteiger partial charge in [-0.15, -0.1) is 0 Å². The molecule has 1 atom stereocenters. The van der Waals surface area contributed by atoms with Gasteiger partial charge in [0.1, 0.15) is 5.82 Å². The standard InChI is InChI=1S/C16H12ClF2NO3/c1-16(19,15(22)23)20(11-7-8-13(18)12(17)9-11)14(21)10-5-3-2-4-6-10/h2-9H,1H3,(H,22,23). The van der Waals surface area contributed by atoms with Crippen LogP contribution in [0.4, 0.5) is 14.5 Å². The van der Waals surface area contributed by atoms with Crippen LogP contribution in [0, 0.1) is 5.82 Å². The van der Waals surface area contributed by atoms with Crippen LogP contribution in [-0.2, 0) is 4.79 Å². The molecule has 2 rings (SSSR count). The molecule has 0 aliphatic heterocycles. The van der Waals surface area contributed by atoms with Crippen LogP contribution in [0.2, 0.25) is 5.02 Å². The van der Waals surface area contributed by atoms with Crippen molar-refractivity contribution in [2.75, 3.05) is 4.90 Å². The molecule has 0 radical (unpaired) electrons. The van der Waals surface area contributed by atoms with Crippen molar-refractivity contribution in [1.29, 1.82) is 0 Å². The number of aliphatic carboxylic acids is 1. The number of nitrogens with zero attached hydrogens (tertiary/aromatic N) is 1. The second-order valence-corrected chi connectivity index (χ2v) is 5.27. The molecular weight excluding hydrogens is 328 g/mol. The van der Waals surface area contributed by atoms with E-state index < -0.39 is 23.5 Å². The molecule has 120 valence electrons. The molecule has 0 aromatic heterocycles. The first-order valence-corrected chi connectivity index (χ1v) is 6.90. The minimum Gasteiger partial charge on any atom is -0.477 e. The van der Waals surface area contributed by atoms with Crippen molar-refractivity contribution >= 4 is 29.2 Å². The average molecular weight is 340 g/mol. The van der Waals surface area contributed by atoms with Gasteiger partial charge in [-0.25, -0.2) is 13.6 Å². The van der Waals surface area contributed by atoms with Crippen molar-refractivity contribution in [3.63, 3.8) is 0 Å². The lowest BCUT2D eigenvalue weighted by molar-refractivity contribution is -0.149. The normalized spacial score (nSPS) is 13.2. The third kappa shape index (κ3) is 3.32. The predicted octanol–water partition coefficient (Wildman–Crippen LogP) is 3.90. The van der Waals surface area contributed by atoms with Gasteiger partial charge in [0, 0.05) is 18.2 Å². The van der Waals surface area contributed by atoms with Gasteiger partial charge in [-0.3, -0.25) is 9.69 Å². The fraction of sp³-hybridized carbons (Fsp3) is 0.125. The summed E-state index contributed by atoms with van der Waals surface area (Å²) in [7, 11) is 0. The van der Waals surface area contributed by atoms with E-state index in [2.05, 4.69) is 0 Å². The van der Waals surface area contributed by atoms with E-state index in [1.165, 1.54) is 12.1 Å². The zero-order valence-electron chi connectivity index (χ0n) is 12.0. The highest BCUT2D eigenvalue weighted by molar-refractivity contribution is 6.31. The van der Waals surface area contributed by atoms with Crippen LogP contribution in [0.5, 0.6) is 0 Å². The number of carbonyl (C=O) groups is 2. The van der Waals surface area contributed by atoms with Crippen molar-refractivity contribution in [3.05, 3.63) is 64.9 Å². The lowest BCUT2D eigenvalue weighted by Crippen LogP contribution is -2.52. The Bertz CT molecular complexity index is 750. The summed E-state index contributed by atoms with van der Waals surface area (Å²) >= 11 is 5.66. The van der Waals surface area contributed by atoms with Crippen molar-refractivity contribution < 1.29 is 23.5 Å². The molecule has 0 heterocycles. The van der Waals surface area contributed by atoms with Gasteiger partial charge in [0.2, 0.25) is 0 Å². The van der Waals surface area contributed by atoms with Crippen LogP contribution in [0.1, 0.15) is 17.3 Å². The second-order valence-electron chi connectivity index (χ2n) is 4.86. The highest BCUT2D eigenvalue weighted by atomic mass is 35.5. The van der Waals surface area contributed by atoms with Crippen molar-refractivity contribution in [1.82, 2.24) is 0 Å². The van der Waals surface area contributed by atoms with E-state index in [4.69, 9.17) is 16.7 Å². The molecular formula is C16H12ClF2NO3. The first-order chi connectivity index (χ1) is 10.7. The molecule has 7 heteroatoms. The predicted molar refractivity (Wildman–Crippen MR) is 81.8 cm³/mol. The Kier molecular flexibility index (Phi) is 4.65. The Morgan fingerprint density at radius 2 is 1.78 bits per heavy atom. The summed E-state index contributed by atoms with van der Waals surface area (Å²) in [5.74, 6) is -6.56. The van der Waals surface area contributed by atoms with Gasteiger partial charge in [-0.2, -0.15) is 0 Å². The van der Waals surface area contributed by atoms with Crippen molar-refractivity contribution in [2.24, 2.45) is 0 Å². The molecule has 0 saturated heterocycles. The first-order valence-electron chi connectivity index (χ1n) is 6.52. The molecule has 1 N–H and O–H groups in total. The van der Waals surface area contributed by atoms with Crippen LogP contribution in [0.25, 0.3) is 0 Å². The number of carboxylic acid groups (broad SMARTS) is 1. The Labute approximate surface area is 135 Å². The first kappa shape index (κ1) is 16.9. The number of rotatable bonds is 4. The van der Waals surface area contributed by atoms with E-state index >= 15 is 0 Å². The maximum absolute atomic E-state index is 14.7. The van der Waals surface area contributed by atoms with Crippen LogP contribution < -0.4 is 4.90 Å². The zero-order valence-corrected chi connectivity index (χ0v) is 12.7. The van der Waals surface area contributed by atoms with Crippen molar-refractivity contribution in [2.45, 2.75) is 12.7 Å². The number of alkyl halides is 1. The van der Waals surface area contributed by atoms with E-state index in [9.17, 15) is 18.4 Å². The molecule has 23 heavy (non-hydrogen) atoms. The van der Waals surface area contributed by atoms with Crippen LogP contribution in [-0.4, -0.2) is 22.8 Å². The maximum Gasteiger partial charge on any atom is 0.362 e. The highest BCUT2D eigenvalue weighted by Crippen LogP contribution is 2.31. The fourth-order valence-electron chi connectivity index (χ4n) is 1.98. The van der Waals surface area contributed by atoms with E-state index in [-0.39, 0.29) is 16.3 Å².